The molecule has 2 rings (SSSR count). The van der Waals surface area contributed by atoms with Crippen molar-refractivity contribution in [1.29, 1.82) is 0 Å². The zero-order chi connectivity index (χ0) is 10.1. The van der Waals surface area contributed by atoms with Gasteiger partial charge in [-0.2, -0.15) is 0 Å². The number of carbonyl (C=O) groups is 1. The monoisotopic (exact) mass is 210 g/mol. The maximum Gasteiger partial charge on any atom is 0.150 e. The Morgan fingerprint density at radius 1 is 1.50 bits per heavy atom. The molecule has 1 heterocycles. The van der Waals surface area contributed by atoms with Crippen molar-refractivity contribution in [2.45, 2.75) is 0 Å². The number of phenolic OH excluding ortho intramolecular Hbond substituents is 1. The molecule has 1 aliphatic heterocycles. The van der Waals surface area contributed by atoms with E-state index in [-0.39, 0.29) is 12.4 Å². The molecule has 0 atom stereocenters. The standard InChI is InChI=1S/C10H7ClO3/c11-10-6(4-12)5-14-9-3-7(13)1-2-8(9)10/h1-4,13H,5H2. The maximum atomic E-state index is 10.6. The number of ether oxygens (including phenoxy) is 1. The van der Waals surface area contributed by atoms with Gasteiger partial charge in [0.15, 0.2) is 6.29 Å². The zero-order valence-corrected chi connectivity index (χ0v) is 7.91. The normalized spacial score (nSPS) is 14.6. The minimum Gasteiger partial charge on any atom is -0.508 e. The lowest BCUT2D eigenvalue weighted by molar-refractivity contribution is -0.105. The van der Waals surface area contributed by atoms with Crippen LogP contribution in [-0.2, 0) is 4.79 Å². The highest BCUT2D eigenvalue weighted by molar-refractivity contribution is 6.51. The molecule has 0 bridgehead atoms. The van der Waals surface area contributed by atoms with Crippen LogP contribution in [0.2, 0.25) is 0 Å². The second-order valence-electron chi connectivity index (χ2n) is 2.93. The lowest BCUT2D eigenvalue weighted by atomic mass is 10.1. The van der Waals surface area contributed by atoms with Crippen LogP contribution >= 0.6 is 11.6 Å². The molecule has 1 aliphatic rings. The Morgan fingerprint density at radius 2 is 2.29 bits per heavy atom. The Bertz CT molecular complexity index is 423. The number of halogens is 1. The number of fused-ring (bicyclic) bond motifs is 1. The maximum absolute atomic E-state index is 10.6. The van der Waals surface area contributed by atoms with Crippen molar-refractivity contribution in [2.24, 2.45) is 0 Å². The predicted molar refractivity (Wildman–Crippen MR) is 52.4 cm³/mol. The highest BCUT2D eigenvalue weighted by Crippen LogP contribution is 2.36. The number of hydrogen-bond acceptors (Lipinski definition) is 3. The van der Waals surface area contributed by atoms with E-state index < -0.39 is 0 Å². The van der Waals surface area contributed by atoms with Crippen LogP contribution < -0.4 is 4.74 Å². The van der Waals surface area contributed by atoms with E-state index in [1.807, 2.05) is 0 Å². The summed E-state index contributed by atoms with van der Waals surface area (Å²) in [7, 11) is 0. The molecule has 1 N–H and O–H groups in total. The topological polar surface area (TPSA) is 46.5 Å². The number of carbonyl (C=O) groups excluding carboxylic acids is 1. The third-order valence-electron chi connectivity index (χ3n) is 2.01. The number of aromatic hydroxyl groups is 1. The summed E-state index contributed by atoms with van der Waals surface area (Å²) in [5.41, 5.74) is 1.06. The summed E-state index contributed by atoms with van der Waals surface area (Å²) in [5.74, 6) is 0.614. The SMILES string of the molecule is O=CC1=C(Cl)c2ccc(O)cc2OC1. The van der Waals surface area contributed by atoms with Crippen LogP contribution in [0.4, 0.5) is 0 Å². The number of aldehydes is 1. The average molecular weight is 211 g/mol. The summed E-state index contributed by atoms with van der Waals surface area (Å²) in [6, 6.07) is 4.59. The molecular formula is C10H7ClO3. The summed E-state index contributed by atoms with van der Waals surface area (Å²) in [6.45, 7) is 0.152. The first-order valence-corrected chi connectivity index (χ1v) is 4.40. The van der Waals surface area contributed by atoms with Gasteiger partial charge in [0.1, 0.15) is 18.1 Å². The van der Waals surface area contributed by atoms with E-state index in [1.165, 1.54) is 12.1 Å². The second kappa shape index (κ2) is 3.35. The van der Waals surface area contributed by atoms with Crippen molar-refractivity contribution >= 4 is 22.9 Å². The molecule has 14 heavy (non-hydrogen) atoms. The van der Waals surface area contributed by atoms with Crippen LogP contribution in [0.5, 0.6) is 11.5 Å². The molecule has 0 saturated carbocycles. The van der Waals surface area contributed by atoms with Gasteiger partial charge < -0.3 is 9.84 Å². The van der Waals surface area contributed by atoms with Crippen LogP contribution in [0.25, 0.3) is 5.03 Å². The predicted octanol–water partition coefficient (Wildman–Crippen LogP) is 1.93. The summed E-state index contributed by atoms with van der Waals surface area (Å²) in [6.07, 6.45) is 0.679. The quantitative estimate of drug-likeness (QED) is 0.721. The number of phenols is 1. The van der Waals surface area contributed by atoms with Crippen LogP contribution in [0.3, 0.4) is 0 Å². The smallest absolute Gasteiger partial charge is 0.150 e. The Balaban J connectivity index is 2.58. The Kier molecular flexibility index (Phi) is 2.17. The van der Waals surface area contributed by atoms with Gasteiger partial charge in [0.2, 0.25) is 0 Å². The van der Waals surface area contributed by atoms with E-state index >= 15 is 0 Å². The first-order valence-electron chi connectivity index (χ1n) is 4.02. The molecule has 0 radical (unpaired) electrons. The summed E-state index contributed by atoms with van der Waals surface area (Å²) < 4.78 is 5.24. The van der Waals surface area contributed by atoms with Crippen LogP contribution in [0.15, 0.2) is 23.8 Å². The minimum atomic E-state index is 0.114. The molecule has 0 saturated heterocycles. The zero-order valence-electron chi connectivity index (χ0n) is 7.16. The van der Waals surface area contributed by atoms with Crippen LogP contribution in [-0.4, -0.2) is 18.0 Å². The molecule has 1 aromatic carbocycles. The van der Waals surface area contributed by atoms with E-state index in [0.29, 0.717) is 28.2 Å². The molecule has 72 valence electrons. The van der Waals surface area contributed by atoms with Gasteiger partial charge in [0.25, 0.3) is 0 Å². The molecular weight excluding hydrogens is 204 g/mol. The van der Waals surface area contributed by atoms with Gasteiger partial charge in [-0.25, -0.2) is 0 Å². The van der Waals surface area contributed by atoms with Crippen molar-refractivity contribution < 1.29 is 14.6 Å². The van der Waals surface area contributed by atoms with Crippen molar-refractivity contribution in [3.05, 3.63) is 29.3 Å². The Hall–Kier alpha value is -1.48. The van der Waals surface area contributed by atoms with Gasteiger partial charge in [-0.15, -0.1) is 0 Å². The van der Waals surface area contributed by atoms with Crippen LogP contribution in [0, 0.1) is 0 Å². The summed E-state index contributed by atoms with van der Waals surface area (Å²) in [5, 5.41) is 9.58. The van der Waals surface area contributed by atoms with E-state index in [9.17, 15) is 9.90 Å². The largest absolute Gasteiger partial charge is 0.508 e. The van der Waals surface area contributed by atoms with E-state index in [4.69, 9.17) is 16.3 Å². The van der Waals surface area contributed by atoms with Crippen LogP contribution in [0.1, 0.15) is 5.56 Å². The van der Waals surface area contributed by atoms with Gasteiger partial charge in [-0.3, -0.25) is 4.79 Å². The molecule has 4 heteroatoms. The van der Waals surface area contributed by atoms with Crippen molar-refractivity contribution in [2.75, 3.05) is 6.61 Å². The van der Waals surface area contributed by atoms with E-state index in [1.54, 1.807) is 6.07 Å². The number of hydrogen-bond donors (Lipinski definition) is 1. The van der Waals surface area contributed by atoms with Gasteiger partial charge >= 0.3 is 0 Å². The average Bonchev–Trinajstić information content (AvgIpc) is 2.18. The fourth-order valence-corrected chi connectivity index (χ4v) is 1.54. The van der Waals surface area contributed by atoms with Crippen molar-refractivity contribution in [3.63, 3.8) is 0 Å². The molecule has 0 spiro atoms. The van der Waals surface area contributed by atoms with E-state index in [0.717, 1.165) is 0 Å². The third kappa shape index (κ3) is 1.36. The Morgan fingerprint density at radius 3 is 3.00 bits per heavy atom. The van der Waals surface area contributed by atoms with Gasteiger partial charge in [-0.1, -0.05) is 11.6 Å². The van der Waals surface area contributed by atoms with E-state index in [2.05, 4.69) is 0 Å². The molecule has 0 unspecified atom stereocenters. The van der Waals surface area contributed by atoms with Gasteiger partial charge in [-0.05, 0) is 12.1 Å². The lowest BCUT2D eigenvalue weighted by Crippen LogP contribution is -2.10. The summed E-state index contributed by atoms with van der Waals surface area (Å²) in [4.78, 5) is 10.6. The second-order valence-corrected chi connectivity index (χ2v) is 3.30. The molecule has 0 aliphatic carbocycles. The first-order chi connectivity index (χ1) is 6.72. The highest BCUT2D eigenvalue weighted by atomic mass is 35.5. The molecule has 0 fully saturated rings. The molecule has 0 amide bonds. The first kappa shape index (κ1) is 9.09. The highest BCUT2D eigenvalue weighted by Gasteiger charge is 2.18. The third-order valence-corrected chi connectivity index (χ3v) is 2.46. The van der Waals surface area contributed by atoms with Gasteiger partial charge in [0, 0.05) is 17.2 Å². The van der Waals surface area contributed by atoms with Crippen molar-refractivity contribution in [1.82, 2.24) is 0 Å². The Labute approximate surface area is 85.6 Å². The number of benzene rings is 1. The molecule has 1 aromatic rings. The summed E-state index contributed by atoms with van der Waals surface area (Å²) >= 11 is 5.95. The van der Waals surface area contributed by atoms with Gasteiger partial charge in [0.05, 0.1) is 5.03 Å². The molecule has 3 nitrogen and oxygen atoms in total. The van der Waals surface area contributed by atoms with Crippen molar-refractivity contribution in [3.8, 4) is 11.5 Å². The number of rotatable bonds is 1. The lowest BCUT2D eigenvalue weighted by Gasteiger charge is -2.17. The minimum absolute atomic E-state index is 0.114. The fourth-order valence-electron chi connectivity index (χ4n) is 1.29. The molecule has 0 aromatic heterocycles. The fraction of sp³-hybridized carbons (Fsp3) is 0.100.